The van der Waals surface area contributed by atoms with Crippen LogP contribution in [-0.2, 0) is 17.2 Å². The highest BCUT2D eigenvalue weighted by Crippen LogP contribution is 2.34. The van der Waals surface area contributed by atoms with Crippen molar-refractivity contribution >= 4 is 10.8 Å². The Bertz CT molecular complexity index is 674. The van der Waals surface area contributed by atoms with Crippen LogP contribution >= 0.6 is 0 Å². The van der Waals surface area contributed by atoms with Crippen molar-refractivity contribution in [1.82, 2.24) is 4.90 Å². The minimum Gasteiger partial charge on any atom is -0.395 e. The Labute approximate surface area is 146 Å². The summed E-state index contributed by atoms with van der Waals surface area (Å²) in [4.78, 5) is 3.18. The van der Waals surface area contributed by atoms with E-state index in [-0.39, 0.29) is 6.61 Å². The van der Waals surface area contributed by atoms with Crippen LogP contribution in [0.1, 0.15) is 30.0 Å². The highest BCUT2D eigenvalue weighted by Gasteiger charge is 2.25. The van der Waals surface area contributed by atoms with Gasteiger partial charge in [0.1, 0.15) is 0 Å². The Morgan fingerprint density at radius 1 is 1.04 bits per heavy atom. The average Bonchev–Trinajstić information content (AvgIpc) is 2.65. The Morgan fingerprint density at radius 2 is 1.79 bits per heavy atom. The highest BCUT2D eigenvalue weighted by molar-refractivity contribution is 7.85. The predicted molar refractivity (Wildman–Crippen MR) is 98.5 cm³/mol. The first-order valence-corrected chi connectivity index (χ1v) is 9.97. The van der Waals surface area contributed by atoms with Crippen molar-refractivity contribution in [1.29, 1.82) is 0 Å². The number of aryl methyl sites for hydroxylation is 1. The first-order valence-electron chi connectivity index (χ1n) is 8.65. The standard InChI is InChI=1S/C20H25NO2S/c22-15-13-21(14-16-24(23)18-9-2-1-3-10-18)20-12-6-8-17-7-4-5-11-19(17)20/h1-5,7,9-11,20,22H,6,8,12-16H2. The predicted octanol–water partition coefficient (Wildman–Crippen LogP) is 3.17. The second kappa shape index (κ2) is 8.56. The average molecular weight is 343 g/mol. The van der Waals surface area contributed by atoms with Gasteiger partial charge in [0.05, 0.1) is 17.4 Å². The minimum absolute atomic E-state index is 0.136. The molecular weight excluding hydrogens is 318 g/mol. The van der Waals surface area contributed by atoms with Crippen molar-refractivity contribution in [3.63, 3.8) is 0 Å². The maximum atomic E-state index is 12.5. The Hall–Kier alpha value is -1.49. The van der Waals surface area contributed by atoms with Gasteiger partial charge in [-0.25, -0.2) is 0 Å². The summed E-state index contributed by atoms with van der Waals surface area (Å²) in [5.41, 5.74) is 2.79. The maximum absolute atomic E-state index is 12.5. The fourth-order valence-corrected chi connectivity index (χ4v) is 4.65. The molecule has 0 spiro atoms. The lowest BCUT2D eigenvalue weighted by Gasteiger charge is -2.35. The second-order valence-electron chi connectivity index (χ2n) is 6.23. The molecule has 1 aliphatic rings. The lowest BCUT2D eigenvalue weighted by atomic mass is 9.87. The first-order chi connectivity index (χ1) is 11.8. The molecule has 2 aromatic carbocycles. The first kappa shape index (κ1) is 17.3. The van der Waals surface area contributed by atoms with Crippen molar-refractivity contribution in [3.8, 4) is 0 Å². The summed E-state index contributed by atoms with van der Waals surface area (Å²) >= 11 is 0. The van der Waals surface area contributed by atoms with E-state index < -0.39 is 10.8 Å². The third-order valence-electron chi connectivity index (χ3n) is 4.74. The summed E-state index contributed by atoms with van der Waals surface area (Å²) in [6, 6.07) is 18.6. The molecule has 1 N–H and O–H groups in total. The van der Waals surface area contributed by atoms with Crippen LogP contribution < -0.4 is 0 Å². The molecule has 2 atom stereocenters. The SMILES string of the molecule is O=S(CCN(CCO)C1CCCc2ccccc21)c1ccccc1. The van der Waals surface area contributed by atoms with Gasteiger partial charge < -0.3 is 5.11 Å². The number of aliphatic hydroxyl groups is 1. The molecule has 3 nitrogen and oxygen atoms in total. The van der Waals surface area contributed by atoms with Crippen molar-refractivity contribution in [2.75, 3.05) is 25.4 Å². The summed E-state index contributed by atoms with van der Waals surface area (Å²) in [6.07, 6.45) is 3.41. The van der Waals surface area contributed by atoms with E-state index in [1.54, 1.807) is 0 Å². The van der Waals surface area contributed by atoms with Gasteiger partial charge in [-0.3, -0.25) is 9.11 Å². The van der Waals surface area contributed by atoms with E-state index in [0.717, 1.165) is 24.3 Å². The number of aliphatic hydroxyl groups excluding tert-OH is 1. The van der Waals surface area contributed by atoms with Gasteiger partial charge in [-0.05, 0) is 42.5 Å². The van der Waals surface area contributed by atoms with Crippen LogP contribution in [0.3, 0.4) is 0 Å². The molecule has 0 saturated heterocycles. The summed E-state index contributed by atoms with van der Waals surface area (Å²) in [5, 5.41) is 9.48. The van der Waals surface area contributed by atoms with E-state index in [1.165, 1.54) is 17.5 Å². The summed E-state index contributed by atoms with van der Waals surface area (Å²) in [6.45, 7) is 1.50. The van der Waals surface area contributed by atoms with Crippen LogP contribution in [0.15, 0.2) is 59.5 Å². The second-order valence-corrected chi connectivity index (χ2v) is 7.80. The van der Waals surface area contributed by atoms with Gasteiger partial charge in [-0.1, -0.05) is 42.5 Å². The molecule has 0 radical (unpaired) electrons. The van der Waals surface area contributed by atoms with Crippen LogP contribution in [0.5, 0.6) is 0 Å². The van der Waals surface area contributed by atoms with Crippen LogP contribution in [0.4, 0.5) is 0 Å². The third-order valence-corrected chi connectivity index (χ3v) is 6.09. The van der Waals surface area contributed by atoms with E-state index in [1.807, 2.05) is 30.3 Å². The van der Waals surface area contributed by atoms with E-state index in [4.69, 9.17) is 0 Å². The maximum Gasteiger partial charge on any atom is 0.0558 e. The number of nitrogens with zero attached hydrogens (tertiary/aromatic N) is 1. The van der Waals surface area contributed by atoms with E-state index >= 15 is 0 Å². The molecule has 2 unspecified atom stereocenters. The van der Waals surface area contributed by atoms with Gasteiger partial charge in [0.2, 0.25) is 0 Å². The molecule has 2 aromatic rings. The number of fused-ring (bicyclic) bond motifs is 1. The Kier molecular flexibility index (Phi) is 6.18. The molecule has 0 aromatic heterocycles. The Morgan fingerprint density at radius 3 is 2.58 bits per heavy atom. The van der Waals surface area contributed by atoms with Gasteiger partial charge in [0, 0.05) is 29.8 Å². The molecule has 0 amide bonds. The molecule has 128 valence electrons. The molecule has 4 heteroatoms. The molecule has 0 bridgehead atoms. The molecule has 3 rings (SSSR count). The van der Waals surface area contributed by atoms with Gasteiger partial charge in [0.15, 0.2) is 0 Å². The molecule has 0 saturated carbocycles. The summed E-state index contributed by atoms with van der Waals surface area (Å²) in [7, 11) is -0.993. The van der Waals surface area contributed by atoms with Crippen molar-refractivity contribution in [2.45, 2.75) is 30.2 Å². The zero-order valence-electron chi connectivity index (χ0n) is 13.9. The molecule has 0 aliphatic heterocycles. The Balaban J connectivity index is 1.70. The topological polar surface area (TPSA) is 40.5 Å². The zero-order valence-corrected chi connectivity index (χ0v) is 14.8. The van der Waals surface area contributed by atoms with Gasteiger partial charge in [0.25, 0.3) is 0 Å². The number of hydrogen-bond acceptors (Lipinski definition) is 3. The molecule has 1 aliphatic carbocycles. The van der Waals surface area contributed by atoms with Crippen LogP contribution in [-0.4, -0.2) is 39.7 Å². The molecule has 0 fully saturated rings. The van der Waals surface area contributed by atoms with Crippen molar-refractivity contribution < 1.29 is 9.32 Å². The summed E-state index contributed by atoms with van der Waals surface area (Å²) < 4.78 is 12.5. The van der Waals surface area contributed by atoms with E-state index in [9.17, 15) is 9.32 Å². The fourth-order valence-electron chi connectivity index (χ4n) is 3.55. The van der Waals surface area contributed by atoms with Gasteiger partial charge in [-0.2, -0.15) is 0 Å². The number of hydrogen-bond donors (Lipinski definition) is 1. The smallest absolute Gasteiger partial charge is 0.0558 e. The molecule has 24 heavy (non-hydrogen) atoms. The molecule has 0 heterocycles. The number of benzene rings is 2. The monoisotopic (exact) mass is 343 g/mol. The fraction of sp³-hybridized carbons (Fsp3) is 0.400. The normalized spacial score (nSPS) is 18.3. The number of rotatable bonds is 7. The largest absolute Gasteiger partial charge is 0.395 e. The third kappa shape index (κ3) is 4.12. The highest BCUT2D eigenvalue weighted by atomic mass is 32.2. The lowest BCUT2D eigenvalue weighted by Crippen LogP contribution is -2.36. The van der Waals surface area contributed by atoms with Crippen molar-refractivity contribution in [3.05, 3.63) is 65.7 Å². The summed E-state index contributed by atoms with van der Waals surface area (Å²) in [5.74, 6) is 0.600. The van der Waals surface area contributed by atoms with E-state index in [0.29, 0.717) is 18.3 Å². The van der Waals surface area contributed by atoms with Gasteiger partial charge in [-0.15, -0.1) is 0 Å². The van der Waals surface area contributed by atoms with E-state index in [2.05, 4.69) is 29.2 Å². The lowest BCUT2D eigenvalue weighted by molar-refractivity contribution is 0.146. The van der Waals surface area contributed by atoms with Crippen LogP contribution in [0, 0.1) is 0 Å². The van der Waals surface area contributed by atoms with Crippen LogP contribution in [0.2, 0.25) is 0 Å². The van der Waals surface area contributed by atoms with Gasteiger partial charge >= 0.3 is 0 Å². The molecular formula is C20H25NO2S. The quantitative estimate of drug-likeness (QED) is 0.839. The zero-order chi connectivity index (χ0) is 16.8. The minimum atomic E-state index is -0.993. The van der Waals surface area contributed by atoms with Crippen molar-refractivity contribution in [2.24, 2.45) is 0 Å². The van der Waals surface area contributed by atoms with Crippen LogP contribution in [0.25, 0.3) is 0 Å².